The second kappa shape index (κ2) is 9.61. The van der Waals surface area contributed by atoms with Crippen molar-refractivity contribution in [1.82, 2.24) is 18.8 Å². The molecule has 1 fully saturated rings. The van der Waals surface area contributed by atoms with Crippen LogP contribution in [-0.4, -0.2) is 78.6 Å². The van der Waals surface area contributed by atoms with Crippen LogP contribution in [0, 0.1) is 0 Å². The Morgan fingerprint density at radius 1 is 1.05 bits per heavy atom. The van der Waals surface area contributed by atoms with Crippen LogP contribution in [0.5, 0.6) is 11.5 Å². The largest absolute Gasteiger partial charge is 0.497 e. The van der Waals surface area contributed by atoms with E-state index in [1.54, 1.807) is 42.5 Å². The van der Waals surface area contributed by atoms with E-state index in [0.29, 0.717) is 17.1 Å². The average molecular weight is 563 g/mol. The normalized spacial score (nSPS) is 18.4. The molecule has 6 rings (SSSR count). The van der Waals surface area contributed by atoms with Crippen LogP contribution in [0.15, 0.2) is 71.9 Å². The van der Waals surface area contributed by atoms with Gasteiger partial charge in [-0.2, -0.15) is 4.31 Å². The van der Waals surface area contributed by atoms with Crippen molar-refractivity contribution in [2.45, 2.75) is 16.4 Å². The highest BCUT2D eigenvalue weighted by atomic mass is 32.2. The Morgan fingerprint density at radius 2 is 1.75 bits per heavy atom. The first-order chi connectivity index (χ1) is 19.2. The minimum Gasteiger partial charge on any atom is -0.497 e. The molecule has 1 atom stereocenters. The number of pyridine rings is 1. The number of carbonyl (C=O) groups is 1. The molecular formula is C29H30N4O6S. The summed E-state index contributed by atoms with van der Waals surface area (Å²) < 4.78 is 41.3. The highest BCUT2D eigenvalue weighted by Gasteiger charge is 2.57. The first-order valence-electron chi connectivity index (χ1n) is 12.9. The van der Waals surface area contributed by atoms with Crippen LogP contribution in [-0.2, 0) is 22.5 Å². The van der Waals surface area contributed by atoms with Crippen molar-refractivity contribution in [2.75, 3.05) is 40.5 Å². The summed E-state index contributed by atoms with van der Waals surface area (Å²) in [5.41, 5.74) is 2.36. The molecule has 10 nitrogen and oxygen atoms in total. The van der Waals surface area contributed by atoms with Gasteiger partial charge in [-0.05, 0) is 54.1 Å². The Morgan fingerprint density at radius 3 is 2.38 bits per heavy atom. The fraction of sp³-hybridized carbons (Fsp3) is 0.310. The molecule has 40 heavy (non-hydrogen) atoms. The van der Waals surface area contributed by atoms with E-state index < -0.39 is 21.5 Å². The Kier molecular flexibility index (Phi) is 6.32. The maximum Gasteiger partial charge on any atom is 0.256 e. The highest BCUT2D eigenvalue weighted by Crippen LogP contribution is 2.51. The molecule has 11 heteroatoms. The van der Waals surface area contributed by atoms with Gasteiger partial charge in [0.05, 0.1) is 42.8 Å². The molecule has 1 spiro atoms. The van der Waals surface area contributed by atoms with Gasteiger partial charge in [-0.1, -0.05) is 0 Å². The number of rotatable bonds is 6. The molecule has 0 saturated carbocycles. The predicted octanol–water partition coefficient (Wildman–Crippen LogP) is 2.72. The lowest BCUT2D eigenvalue weighted by Gasteiger charge is -2.55. The molecule has 208 valence electrons. The fourth-order valence-corrected chi connectivity index (χ4v) is 7.79. The summed E-state index contributed by atoms with van der Waals surface area (Å²) in [7, 11) is 1.25. The van der Waals surface area contributed by atoms with Crippen LogP contribution in [0.25, 0.3) is 10.9 Å². The Labute approximate surface area is 232 Å². The zero-order chi connectivity index (χ0) is 28.2. The summed E-state index contributed by atoms with van der Waals surface area (Å²) in [5.74, 6) is 0.985. The summed E-state index contributed by atoms with van der Waals surface area (Å²) in [6, 6.07) is 14.9. The molecule has 0 radical (unpaired) electrons. The van der Waals surface area contributed by atoms with Gasteiger partial charge in [0, 0.05) is 61.6 Å². The van der Waals surface area contributed by atoms with Gasteiger partial charge < -0.3 is 24.0 Å². The number of carbonyl (C=O) groups excluding carboxylic acids is 1. The number of amides is 1. The van der Waals surface area contributed by atoms with Crippen molar-refractivity contribution in [1.29, 1.82) is 0 Å². The number of aryl methyl sites for hydroxylation is 1. The number of aliphatic hydroxyl groups is 1. The van der Waals surface area contributed by atoms with Gasteiger partial charge >= 0.3 is 0 Å². The lowest BCUT2D eigenvalue weighted by Crippen LogP contribution is -2.68. The summed E-state index contributed by atoms with van der Waals surface area (Å²) in [6.45, 7) is 0.339. The first kappa shape index (κ1) is 26.3. The van der Waals surface area contributed by atoms with Gasteiger partial charge in [0.15, 0.2) is 0 Å². The number of ether oxygens (including phenoxy) is 2. The topological polar surface area (TPSA) is 114 Å². The molecule has 0 unspecified atom stereocenters. The van der Waals surface area contributed by atoms with Crippen molar-refractivity contribution in [3.63, 3.8) is 0 Å². The Hall–Kier alpha value is -3.93. The molecule has 1 amide bonds. The second-order valence-corrected chi connectivity index (χ2v) is 12.2. The smallest absolute Gasteiger partial charge is 0.256 e. The summed E-state index contributed by atoms with van der Waals surface area (Å²) in [4.78, 5) is 19.7. The quantitative estimate of drug-likeness (QED) is 0.384. The third-order valence-electron chi connectivity index (χ3n) is 8.15. The minimum atomic E-state index is -3.78. The molecule has 1 N–H and O–H groups in total. The van der Waals surface area contributed by atoms with Gasteiger partial charge in [-0.15, -0.1) is 0 Å². The lowest BCUT2D eigenvalue weighted by molar-refractivity contribution is 0.0237. The van der Waals surface area contributed by atoms with E-state index in [2.05, 4.69) is 4.98 Å². The highest BCUT2D eigenvalue weighted by molar-refractivity contribution is 7.89. The van der Waals surface area contributed by atoms with Crippen LogP contribution in [0.1, 0.15) is 27.7 Å². The first-order valence-corrected chi connectivity index (χ1v) is 14.3. The third kappa shape index (κ3) is 3.87. The number of aliphatic hydroxyl groups excluding tert-OH is 1. The Balaban J connectivity index is 1.47. The standard InChI is InChI=1S/C29H30N4O6S/c1-31-24-13-21(39-3)8-11-23(24)26-27(31)25(15-34)33(28(35)19-5-4-12-30-14-19)18-29(26)16-32(17-29)40(36,37)22-9-6-20(38-2)7-10-22/h4-14,25,34H,15-18H2,1-3H3/t25-/m0/s1. The van der Waals surface area contributed by atoms with Gasteiger partial charge in [-0.3, -0.25) is 9.78 Å². The summed E-state index contributed by atoms with van der Waals surface area (Å²) in [6.07, 6.45) is 3.10. The monoisotopic (exact) mass is 562 g/mol. The van der Waals surface area contributed by atoms with E-state index in [4.69, 9.17) is 9.47 Å². The van der Waals surface area contributed by atoms with Crippen LogP contribution < -0.4 is 9.47 Å². The van der Waals surface area contributed by atoms with Crippen molar-refractivity contribution >= 4 is 26.8 Å². The van der Waals surface area contributed by atoms with E-state index in [-0.39, 0.29) is 37.0 Å². The molecule has 2 aromatic carbocycles. The van der Waals surface area contributed by atoms with Crippen molar-refractivity contribution < 1.29 is 27.8 Å². The van der Waals surface area contributed by atoms with Crippen molar-refractivity contribution in [3.05, 3.63) is 83.8 Å². The number of hydrogen-bond donors (Lipinski definition) is 1. The number of hydrogen-bond acceptors (Lipinski definition) is 7. The van der Waals surface area contributed by atoms with E-state index >= 15 is 0 Å². The minimum absolute atomic E-state index is 0.179. The van der Waals surface area contributed by atoms with E-state index in [9.17, 15) is 18.3 Å². The van der Waals surface area contributed by atoms with E-state index in [1.165, 1.54) is 29.7 Å². The van der Waals surface area contributed by atoms with Crippen molar-refractivity contribution in [2.24, 2.45) is 7.05 Å². The number of nitrogens with zero attached hydrogens (tertiary/aromatic N) is 4. The molecule has 2 aromatic heterocycles. The van der Waals surface area contributed by atoms with Gasteiger partial charge in [0.25, 0.3) is 5.91 Å². The van der Waals surface area contributed by atoms with E-state index in [0.717, 1.165) is 22.2 Å². The van der Waals surface area contributed by atoms with Crippen LogP contribution >= 0.6 is 0 Å². The molecule has 0 aliphatic carbocycles. The lowest BCUT2D eigenvalue weighted by atomic mass is 9.70. The molecule has 2 aliphatic heterocycles. The van der Waals surface area contributed by atoms with Crippen LogP contribution in [0.3, 0.4) is 0 Å². The van der Waals surface area contributed by atoms with Gasteiger partial charge in [-0.25, -0.2) is 8.42 Å². The molecule has 4 aromatic rings. The number of benzene rings is 2. The van der Waals surface area contributed by atoms with Crippen molar-refractivity contribution in [3.8, 4) is 11.5 Å². The zero-order valence-electron chi connectivity index (χ0n) is 22.4. The molecular weight excluding hydrogens is 532 g/mol. The summed E-state index contributed by atoms with van der Waals surface area (Å²) >= 11 is 0. The molecule has 0 bridgehead atoms. The molecule has 1 saturated heterocycles. The average Bonchev–Trinajstić information content (AvgIpc) is 3.27. The maximum atomic E-state index is 13.8. The number of aromatic nitrogens is 2. The SMILES string of the molecule is COc1ccc(S(=O)(=O)N2CC3(CN(C(=O)c4cccnc4)[C@@H](CO)c4c3c3ccc(OC)cc3n4C)C2)cc1. The van der Waals surface area contributed by atoms with Crippen LogP contribution in [0.4, 0.5) is 0 Å². The predicted molar refractivity (Wildman–Crippen MR) is 148 cm³/mol. The molecule has 4 heterocycles. The zero-order valence-corrected chi connectivity index (χ0v) is 23.3. The van der Waals surface area contributed by atoms with Gasteiger partial charge in [0.1, 0.15) is 11.5 Å². The summed E-state index contributed by atoms with van der Waals surface area (Å²) in [5, 5.41) is 11.6. The number of sulfonamides is 1. The molecule has 2 aliphatic rings. The van der Waals surface area contributed by atoms with Crippen LogP contribution in [0.2, 0.25) is 0 Å². The van der Waals surface area contributed by atoms with Gasteiger partial charge in [0.2, 0.25) is 10.0 Å². The maximum absolute atomic E-state index is 13.8. The second-order valence-electron chi connectivity index (χ2n) is 10.3. The van der Waals surface area contributed by atoms with E-state index in [1.807, 2.05) is 29.8 Å². The number of methoxy groups -OCH3 is 2. The fourth-order valence-electron chi connectivity index (χ4n) is 6.18. The third-order valence-corrected chi connectivity index (χ3v) is 9.95. The Bertz CT molecular complexity index is 1700. The number of fused-ring (bicyclic) bond motifs is 4.